The van der Waals surface area contributed by atoms with E-state index in [9.17, 15) is 8.42 Å². The monoisotopic (exact) mass is 339 g/mol. The lowest BCUT2D eigenvalue weighted by atomic mass is 10.0. The van der Waals surface area contributed by atoms with E-state index < -0.39 is 9.05 Å². The molecule has 4 nitrogen and oxygen atoms in total. The summed E-state index contributed by atoms with van der Waals surface area (Å²) in [5.41, 5.74) is 0.795. The van der Waals surface area contributed by atoms with E-state index in [0.717, 1.165) is 30.2 Å². The van der Waals surface area contributed by atoms with Gasteiger partial charge in [-0.2, -0.15) is 0 Å². The summed E-state index contributed by atoms with van der Waals surface area (Å²) in [6.07, 6.45) is 9.01. The van der Waals surface area contributed by atoms with Crippen LogP contribution >= 0.6 is 10.7 Å². The van der Waals surface area contributed by atoms with E-state index in [4.69, 9.17) is 15.1 Å². The van der Waals surface area contributed by atoms with Crippen molar-refractivity contribution in [2.24, 2.45) is 5.92 Å². The van der Waals surface area contributed by atoms with Crippen LogP contribution in [-0.4, -0.2) is 13.4 Å². The first-order valence-electron chi connectivity index (χ1n) is 7.52. The predicted molar refractivity (Wildman–Crippen MR) is 85.3 cm³/mol. The zero-order valence-electron chi connectivity index (χ0n) is 12.2. The molecule has 0 unspecified atom stereocenters. The number of hydrogen-bond acceptors (Lipinski definition) is 4. The molecule has 1 aliphatic carbocycles. The number of hydrogen-bond donors (Lipinski definition) is 0. The van der Waals surface area contributed by atoms with Crippen LogP contribution in [0.2, 0.25) is 0 Å². The van der Waals surface area contributed by atoms with Crippen LogP contribution in [0.25, 0.3) is 11.3 Å². The molecule has 0 radical (unpaired) electrons. The van der Waals surface area contributed by atoms with Crippen LogP contribution in [0.15, 0.2) is 39.8 Å². The second kappa shape index (κ2) is 6.42. The van der Waals surface area contributed by atoms with Gasteiger partial charge in [-0.15, -0.1) is 0 Å². The van der Waals surface area contributed by atoms with Crippen LogP contribution in [0.3, 0.4) is 0 Å². The van der Waals surface area contributed by atoms with E-state index >= 15 is 0 Å². The average molecular weight is 340 g/mol. The number of aryl methyl sites for hydroxylation is 1. The molecule has 22 heavy (non-hydrogen) atoms. The Bertz CT molecular complexity index is 731. The van der Waals surface area contributed by atoms with E-state index in [2.05, 4.69) is 4.98 Å². The summed E-state index contributed by atoms with van der Waals surface area (Å²) >= 11 is 0. The average Bonchev–Trinajstić information content (AvgIpc) is 3.16. The van der Waals surface area contributed by atoms with Crippen LogP contribution in [0.4, 0.5) is 0 Å². The van der Waals surface area contributed by atoms with Gasteiger partial charge in [0.15, 0.2) is 11.7 Å². The lowest BCUT2D eigenvalue weighted by Crippen LogP contribution is -1.96. The van der Waals surface area contributed by atoms with Crippen molar-refractivity contribution in [3.05, 3.63) is 36.4 Å². The van der Waals surface area contributed by atoms with Crippen molar-refractivity contribution in [2.45, 2.75) is 43.4 Å². The van der Waals surface area contributed by atoms with Gasteiger partial charge < -0.3 is 4.42 Å². The fraction of sp³-hybridized carbons (Fsp3) is 0.438. The first-order valence-corrected chi connectivity index (χ1v) is 9.83. The molecule has 0 aliphatic heterocycles. The molecule has 0 amide bonds. The highest BCUT2D eigenvalue weighted by atomic mass is 35.7. The third-order valence-corrected chi connectivity index (χ3v) is 5.58. The first kappa shape index (κ1) is 15.6. The number of oxazole rings is 1. The molecule has 1 aromatic carbocycles. The Morgan fingerprint density at radius 3 is 2.50 bits per heavy atom. The quantitative estimate of drug-likeness (QED) is 0.758. The summed E-state index contributed by atoms with van der Waals surface area (Å²) in [6.45, 7) is 0. The SMILES string of the molecule is O=S(=O)(Cl)c1ccc(-c2cnc(CCC3CCCC3)o2)cc1. The smallest absolute Gasteiger partial charge is 0.261 e. The number of aromatic nitrogens is 1. The molecule has 1 fully saturated rings. The molecule has 118 valence electrons. The third-order valence-electron chi connectivity index (χ3n) is 4.22. The molecule has 0 spiro atoms. The molecule has 0 atom stereocenters. The Morgan fingerprint density at radius 2 is 1.86 bits per heavy atom. The van der Waals surface area contributed by atoms with Gasteiger partial charge in [0.2, 0.25) is 0 Å². The van der Waals surface area contributed by atoms with Gasteiger partial charge >= 0.3 is 0 Å². The number of halogens is 1. The molecule has 1 heterocycles. The summed E-state index contributed by atoms with van der Waals surface area (Å²) in [6, 6.07) is 6.30. The lowest BCUT2D eigenvalue weighted by molar-refractivity contribution is 0.443. The van der Waals surface area contributed by atoms with Crippen molar-refractivity contribution in [2.75, 3.05) is 0 Å². The van der Waals surface area contributed by atoms with Gasteiger partial charge in [-0.25, -0.2) is 13.4 Å². The number of benzene rings is 1. The standard InChI is InChI=1S/C16H18ClNO3S/c17-22(19,20)14-8-6-13(7-9-14)15-11-18-16(21-15)10-5-12-3-1-2-4-12/h6-9,11-12H,1-5,10H2. The van der Waals surface area contributed by atoms with Crippen LogP contribution in [0.5, 0.6) is 0 Å². The van der Waals surface area contributed by atoms with E-state index in [1.165, 1.54) is 37.8 Å². The van der Waals surface area contributed by atoms with Gasteiger partial charge in [0.25, 0.3) is 9.05 Å². The fourth-order valence-corrected chi connectivity index (χ4v) is 3.74. The molecule has 0 saturated heterocycles. The highest BCUT2D eigenvalue weighted by molar-refractivity contribution is 8.13. The van der Waals surface area contributed by atoms with Crippen molar-refractivity contribution in [1.29, 1.82) is 0 Å². The lowest BCUT2D eigenvalue weighted by Gasteiger charge is -2.05. The van der Waals surface area contributed by atoms with Crippen molar-refractivity contribution in [3.8, 4) is 11.3 Å². The van der Waals surface area contributed by atoms with Gasteiger partial charge in [-0.05, 0) is 36.6 Å². The minimum Gasteiger partial charge on any atom is -0.441 e. The Kier molecular flexibility index (Phi) is 4.54. The van der Waals surface area contributed by atoms with Crippen LogP contribution in [0, 0.1) is 5.92 Å². The normalized spacial score (nSPS) is 16.2. The summed E-state index contributed by atoms with van der Waals surface area (Å²) < 4.78 is 28.2. The highest BCUT2D eigenvalue weighted by Gasteiger charge is 2.16. The minimum absolute atomic E-state index is 0.0823. The summed E-state index contributed by atoms with van der Waals surface area (Å²) in [7, 11) is 1.61. The molecule has 0 N–H and O–H groups in total. The largest absolute Gasteiger partial charge is 0.441 e. The van der Waals surface area contributed by atoms with Crippen molar-refractivity contribution in [3.63, 3.8) is 0 Å². The Hall–Kier alpha value is -1.33. The van der Waals surface area contributed by atoms with E-state index in [1.54, 1.807) is 18.3 Å². The maximum atomic E-state index is 11.2. The van der Waals surface area contributed by atoms with Gasteiger partial charge in [0.05, 0.1) is 11.1 Å². The van der Waals surface area contributed by atoms with Crippen molar-refractivity contribution >= 4 is 19.7 Å². The number of rotatable bonds is 5. The van der Waals surface area contributed by atoms with E-state index in [0.29, 0.717) is 5.76 Å². The summed E-state index contributed by atoms with van der Waals surface area (Å²) in [4.78, 5) is 4.40. The molecule has 2 aromatic rings. The maximum absolute atomic E-state index is 11.2. The molecule has 1 aliphatic rings. The maximum Gasteiger partial charge on any atom is 0.261 e. The molecule has 3 rings (SSSR count). The zero-order valence-corrected chi connectivity index (χ0v) is 13.7. The molecule has 1 aromatic heterocycles. The van der Waals surface area contributed by atoms with Crippen LogP contribution in [-0.2, 0) is 15.5 Å². The van der Waals surface area contributed by atoms with Crippen LogP contribution in [0.1, 0.15) is 38.0 Å². The van der Waals surface area contributed by atoms with Gasteiger partial charge in [0, 0.05) is 22.7 Å². The van der Waals surface area contributed by atoms with Gasteiger partial charge in [0.1, 0.15) is 0 Å². The first-order chi connectivity index (χ1) is 10.5. The second-order valence-corrected chi connectivity index (χ2v) is 8.34. The molecule has 6 heteroatoms. The molecule has 1 saturated carbocycles. The molecular formula is C16H18ClNO3S. The zero-order chi connectivity index (χ0) is 15.6. The fourth-order valence-electron chi connectivity index (χ4n) is 2.97. The summed E-state index contributed by atoms with van der Waals surface area (Å²) in [5, 5.41) is 0. The Labute approximate surface area is 134 Å². The Balaban J connectivity index is 1.67. The second-order valence-electron chi connectivity index (χ2n) is 5.77. The van der Waals surface area contributed by atoms with E-state index in [1.807, 2.05) is 0 Å². The predicted octanol–water partition coefficient (Wildman–Crippen LogP) is 4.39. The Morgan fingerprint density at radius 1 is 1.18 bits per heavy atom. The van der Waals surface area contributed by atoms with Crippen LogP contribution < -0.4 is 0 Å². The highest BCUT2D eigenvalue weighted by Crippen LogP contribution is 2.29. The minimum atomic E-state index is -3.69. The van der Waals surface area contributed by atoms with Crippen molar-refractivity contribution in [1.82, 2.24) is 4.98 Å². The summed E-state index contributed by atoms with van der Waals surface area (Å²) in [5.74, 6) is 2.21. The topological polar surface area (TPSA) is 60.2 Å². The molecule has 0 bridgehead atoms. The van der Waals surface area contributed by atoms with Gasteiger partial charge in [-0.3, -0.25) is 0 Å². The van der Waals surface area contributed by atoms with E-state index in [-0.39, 0.29) is 4.90 Å². The molecular weight excluding hydrogens is 322 g/mol. The van der Waals surface area contributed by atoms with Gasteiger partial charge in [-0.1, -0.05) is 25.7 Å². The number of nitrogens with zero attached hydrogens (tertiary/aromatic N) is 1. The van der Waals surface area contributed by atoms with Crippen molar-refractivity contribution < 1.29 is 12.8 Å². The third kappa shape index (κ3) is 3.70.